The van der Waals surface area contributed by atoms with Crippen molar-refractivity contribution in [3.05, 3.63) is 0 Å². The van der Waals surface area contributed by atoms with Gasteiger partial charge in [0.25, 0.3) is 0 Å². The van der Waals surface area contributed by atoms with E-state index in [1.165, 1.54) is 12.8 Å². The molecule has 74 valence electrons. The normalized spacial score (nSPS) is 7.85. The van der Waals surface area contributed by atoms with E-state index in [4.69, 9.17) is 18.9 Å². The van der Waals surface area contributed by atoms with Gasteiger partial charge in [-0.2, -0.15) is 0 Å². The molecule has 0 saturated heterocycles. The van der Waals surface area contributed by atoms with Gasteiger partial charge in [0.1, 0.15) is 0 Å². The Morgan fingerprint density at radius 3 is 1.23 bits per heavy atom. The Bertz CT molecular complexity index is 84.7. The summed E-state index contributed by atoms with van der Waals surface area (Å²) < 4.78 is 16.9. The number of hydrogen-bond donors (Lipinski definition) is 2. The summed E-state index contributed by atoms with van der Waals surface area (Å²) >= 11 is 0. The zero-order valence-corrected chi connectivity index (χ0v) is 12.3. The van der Waals surface area contributed by atoms with Crippen LogP contribution in [-0.4, -0.2) is 47.5 Å². The predicted octanol–water partition coefficient (Wildman–Crippen LogP) is 2.43. The fourth-order valence-corrected chi connectivity index (χ4v) is 0.289. The molecule has 0 amide bonds. The standard InChI is InChI=1S/C6H14.Ca.2HO2P/c1-4-6(3)5-2;;2*1-3-2/h6H,4-5H2,1-3H3;;2*(H,1,2)/q;+2;;. The van der Waals surface area contributed by atoms with Gasteiger partial charge >= 0.3 is 55.1 Å². The van der Waals surface area contributed by atoms with Crippen molar-refractivity contribution in [1.82, 2.24) is 0 Å². The molecule has 0 atom stereocenters. The molecule has 0 saturated carbocycles. The van der Waals surface area contributed by atoms with Crippen LogP contribution in [0.4, 0.5) is 0 Å². The summed E-state index contributed by atoms with van der Waals surface area (Å²) in [6.07, 6.45) is 2.66. The Kier molecular flexibility index (Phi) is 53.7. The molecular weight excluding hydrogens is 238 g/mol. The molecule has 0 heterocycles. The molecule has 0 bridgehead atoms. The first kappa shape index (κ1) is 23.9. The summed E-state index contributed by atoms with van der Waals surface area (Å²) in [5.41, 5.74) is 0. The Balaban J connectivity index is -0.0000000501. The molecular formula is C6H16CaO4P2+2. The van der Waals surface area contributed by atoms with E-state index in [1.807, 2.05) is 0 Å². The summed E-state index contributed by atoms with van der Waals surface area (Å²) in [5.74, 6) is 0.935. The maximum Gasteiger partial charge on any atom is 2.00 e. The molecule has 7 heteroatoms. The summed E-state index contributed by atoms with van der Waals surface area (Å²) in [7, 11) is -1.67. The van der Waals surface area contributed by atoms with E-state index >= 15 is 0 Å². The molecule has 0 aliphatic heterocycles. The molecule has 0 radical (unpaired) electrons. The minimum Gasteiger partial charge on any atom is -0.310 e. The fraction of sp³-hybridized carbons (Fsp3) is 1.00. The van der Waals surface area contributed by atoms with Crippen LogP contribution in [0.5, 0.6) is 0 Å². The summed E-state index contributed by atoms with van der Waals surface area (Å²) in [5, 5.41) is 0. The Labute approximate surface area is 113 Å². The minimum absolute atomic E-state index is 0. The molecule has 2 N–H and O–H groups in total. The van der Waals surface area contributed by atoms with Crippen LogP contribution < -0.4 is 0 Å². The Hall–Kier alpha value is 1.38. The van der Waals surface area contributed by atoms with Crippen molar-refractivity contribution in [3.8, 4) is 0 Å². The molecule has 0 aliphatic rings. The average molecular weight is 254 g/mol. The second-order valence-electron chi connectivity index (χ2n) is 2.08. The minimum atomic E-state index is -0.833. The molecule has 0 aliphatic carbocycles. The van der Waals surface area contributed by atoms with Gasteiger partial charge in [0, 0.05) is 0 Å². The zero-order chi connectivity index (χ0) is 10.4. The molecule has 0 rings (SSSR count). The van der Waals surface area contributed by atoms with E-state index < -0.39 is 17.4 Å². The van der Waals surface area contributed by atoms with Gasteiger partial charge in [0.15, 0.2) is 0 Å². The van der Waals surface area contributed by atoms with Crippen molar-refractivity contribution in [2.24, 2.45) is 5.92 Å². The zero-order valence-electron chi connectivity index (χ0n) is 8.30. The summed E-state index contributed by atoms with van der Waals surface area (Å²) in [4.78, 5) is 14.0. The van der Waals surface area contributed by atoms with Crippen molar-refractivity contribution in [3.63, 3.8) is 0 Å². The van der Waals surface area contributed by atoms with Gasteiger partial charge in [-0.25, -0.2) is 9.13 Å². The molecule has 0 unspecified atom stereocenters. The topological polar surface area (TPSA) is 74.6 Å². The monoisotopic (exact) mass is 254 g/mol. The summed E-state index contributed by atoms with van der Waals surface area (Å²) in [6, 6.07) is 0. The molecule has 0 spiro atoms. The third-order valence-corrected chi connectivity index (χ3v) is 1.39. The summed E-state index contributed by atoms with van der Waals surface area (Å²) in [6.45, 7) is 6.74. The predicted molar refractivity (Wildman–Crippen MR) is 55.2 cm³/mol. The van der Waals surface area contributed by atoms with E-state index in [1.54, 1.807) is 0 Å². The second kappa shape index (κ2) is 29.2. The molecule has 0 aromatic rings. The first-order valence-corrected chi connectivity index (χ1v) is 5.10. The van der Waals surface area contributed by atoms with Crippen LogP contribution in [0.25, 0.3) is 0 Å². The van der Waals surface area contributed by atoms with Crippen LogP contribution in [0.2, 0.25) is 0 Å². The van der Waals surface area contributed by atoms with Crippen molar-refractivity contribution in [2.75, 3.05) is 0 Å². The quantitative estimate of drug-likeness (QED) is 0.586. The third-order valence-electron chi connectivity index (χ3n) is 1.39. The Morgan fingerprint density at radius 2 is 1.23 bits per heavy atom. The third kappa shape index (κ3) is 59.9. The van der Waals surface area contributed by atoms with E-state index in [9.17, 15) is 0 Å². The molecule has 0 aromatic heterocycles. The average Bonchev–Trinajstić information content (AvgIpc) is 2.06. The van der Waals surface area contributed by atoms with E-state index in [2.05, 4.69) is 20.8 Å². The van der Waals surface area contributed by atoms with Gasteiger partial charge in [-0.3, -0.25) is 0 Å². The Morgan fingerprint density at radius 1 is 1.08 bits per heavy atom. The van der Waals surface area contributed by atoms with Gasteiger partial charge in [0.2, 0.25) is 0 Å². The van der Waals surface area contributed by atoms with Gasteiger partial charge in [-0.15, -0.1) is 0 Å². The van der Waals surface area contributed by atoms with E-state index in [0.717, 1.165) is 5.92 Å². The maximum absolute atomic E-state index is 8.46. The van der Waals surface area contributed by atoms with Crippen LogP contribution in [-0.2, 0) is 9.13 Å². The SMILES string of the molecule is CCC(C)CC.O=PO.O=PO.[Ca+2]. The van der Waals surface area contributed by atoms with Crippen LogP contribution in [0.15, 0.2) is 0 Å². The molecule has 13 heavy (non-hydrogen) atoms. The van der Waals surface area contributed by atoms with Crippen LogP contribution in [0.1, 0.15) is 33.6 Å². The van der Waals surface area contributed by atoms with Gasteiger partial charge in [-0.1, -0.05) is 33.6 Å². The number of rotatable bonds is 2. The van der Waals surface area contributed by atoms with Crippen LogP contribution in [0.3, 0.4) is 0 Å². The maximum atomic E-state index is 8.46. The van der Waals surface area contributed by atoms with Crippen molar-refractivity contribution in [2.45, 2.75) is 33.6 Å². The molecule has 0 fully saturated rings. The van der Waals surface area contributed by atoms with Gasteiger partial charge in [-0.05, 0) is 5.92 Å². The first-order chi connectivity index (χ1) is 5.64. The van der Waals surface area contributed by atoms with Crippen molar-refractivity contribution >= 4 is 55.1 Å². The van der Waals surface area contributed by atoms with E-state index in [-0.39, 0.29) is 37.7 Å². The van der Waals surface area contributed by atoms with Gasteiger partial charge < -0.3 is 9.79 Å². The number of hydrogen-bond acceptors (Lipinski definition) is 2. The van der Waals surface area contributed by atoms with Crippen LogP contribution >= 0.6 is 17.4 Å². The molecule has 0 aromatic carbocycles. The largest absolute Gasteiger partial charge is 2.00 e. The second-order valence-corrected chi connectivity index (χ2v) is 2.41. The fourth-order valence-electron chi connectivity index (χ4n) is 0.289. The van der Waals surface area contributed by atoms with Gasteiger partial charge in [0.05, 0.1) is 0 Å². The van der Waals surface area contributed by atoms with Crippen LogP contribution in [0, 0.1) is 5.92 Å². The first-order valence-electron chi connectivity index (χ1n) is 3.57. The van der Waals surface area contributed by atoms with Crippen molar-refractivity contribution in [1.29, 1.82) is 0 Å². The van der Waals surface area contributed by atoms with Crippen molar-refractivity contribution < 1.29 is 18.9 Å². The smallest absolute Gasteiger partial charge is 0.310 e. The van der Waals surface area contributed by atoms with E-state index in [0.29, 0.717) is 0 Å². The molecule has 4 nitrogen and oxygen atoms in total.